The van der Waals surface area contributed by atoms with E-state index in [0.717, 1.165) is 66.5 Å². The van der Waals surface area contributed by atoms with Gasteiger partial charge in [-0.2, -0.15) is 0 Å². The van der Waals surface area contributed by atoms with Crippen LogP contribution in [0.2, 0.25) is 0 Å². The van der Waals surface area contributed by atoms with Crippen LogP contribution in [-0.4, -0.2) is 4.57 Å². The summed E-state index contributed by atoms with van der Waals surface area (Å²) in [6, 6.07) is 77.9. The van der Waals surface area contributed by atoms with Gasteiger partial charge in [0.25, 0.3) is 0 Å². The highest BCUT2D eigenvalue weighted by Crippen LogP contribution is 2.46. The molecule has 0 N–H and O–H groups in total. The fraction of sp³-hybridized carbons (Fsp3) is 0. The molecule has 0 fully saturated rings. The highest BCUT2D eigenvalue weighted by Gasteiger charge is 2.23. The van der Waals surface area contributed by atoms with E-state index in [2.05, 4.69) is 228 Å². The van der Waals surface area contributed by atoms with Crippen LogP contribution in [0.3, 0.4) is 0 Å². The largest absolute Gasteiger partial charge is 0.455 e. The third-order valence-electron chi connectivity index (χ3n) is 11.2. The van der Waals surface area contributed by atoms with E-state index >= 15 is 0 Å². The van der Waals surface area contributed by atoms with Crippen molar-refractivity contribution in [2.45, 2.75) is 0 Å². The average Bonchev–Trinajstić information content (AvgIpc) is 3.84. The molecular formula is C54H36N2O. The van der Waals surface area contributed by atoms with Crippen molar-refractivity contribution in [3.05, 3.63) is 218 Å². The number of aromatic nitrogens is 1. The molecule has 11 rings (SSSR count). The summed E-state index contributed by atoms with van der Waals surface area (Å²) in [5.41, 5.74) is 15.4. The quantitative estimate of drug-likeness (QED) is 0.163. The maximum atomic E-state index is 6.99. The Balaban J connectivity index is 1.12. The number of rotatable bonds is 7. The Morgan fingerprint density at radius 3 is 1.51 bits per heavy atom. The van der Waals surface area contributed by atoms with E-state index in [1.807, 2.05) is 0 Å². The zero-order chi connectivity index (χ0) is 37.7. The molecule has 3 nitrogen and oxygen atoms in total. The third-order valence-corrected chi connectivity index (χ3v) is 11.2. The second kappa shape index (κ2) is 13.6. The SMILES string of the molecule is c1ccc(-c2ccc(N(c3ccc(-c4ccccc4)cc3)c3cccc4oc5c(ccc6c5c5ccccc5n6-c5cccc(-c6ccccc6)c5)c34)cc2)cc1. The molecule has 11 aromatic rings. The summed E-state index contributed by atoms with van der Waals surface area (Å²) < 4.78 is 9.37. The number of hydrogen-bond acceptors (Lipinski definition) is 2. The lowest BCUT2D eigenvalue weighted by molar-refractivity contribution is 0.673. The minimum absolute atomic E-state index is 0.852. The number of anilines is 3. The van der Waals surface area contributed by atoms with Crippen molar-refractivity contribution >= 4 is 60.8 Å². The van der Waals surface area contributed by atoms with Crippen LogP contribution in [0.5, 0.6) is 0 Å². The number of nitrogens with zero attached hydrogens (tertiary/aromatic N) is 2. The van der Waals surface area contributed by atoms with Gasteiger partial charge < -0.3 is 13.9 Å². The van der Waals surface area contributed by atoms with Crippen LogP contribution in [0, 0.1) is 0 Å². The lowest BCUT2D eigenvalue weighted by Gasteiger charge is -2.26. The predicted molar refractivity (Wildman–Crippen MR) is 239 cm³/mol. The highest BCUT2D eigenvalue weighted by molar-refractivity contribution is 6.26. The van der Waals surface area contributed by atoms with Gasteiger partial charge in [0.2, 0.25) is 0 Å². The lowest BCUT2D eigenvalue weighted by Crippen LogP contribution is -2.10. The van der Waals surface area contributed by atoms with Crippen molar-refractivity contribution in [2.24, 2.45) is 0 Å². The lowest BCUT2D eigenvalue weighted by atomic mass is 10.0. The highest BCUT2D eigenvalue weighted by atomic mass is 16.3. The summed E-state index contributed by atoms with van der Waals surface area (Å²) in [5, 5.41) is 4.44. The van der Waals surface area contributed by atoms with Gasteiger partial charge >= 0.3 is 0 Å². The van der Waals surface area contributed by atoms with Gasteiger partial charge in [-0.05, 0) is 100 Å². The molecule has 3 heteroatoms. The van der Waals surface area contributed by atoms with Gasteiger partial charge in [0.15, 0.2) is 0 Å². The summed E-state index contributed by atoms with van der Waals surface area (Å²) in [7, 11) is 0. The zero-order valence-electron chi connectivity index (χ0n) is 31.1. The molecule has 0 aliphatic heterocycles. The summed E-state index contributed by atoms with van der Waals surface area (Å²) in [6.45, 7) is 0. The van der Waals surface area contributed by atoms with Gasteiger partial charge in [0.1, 0.15) is 11.2 Å². The van der Waals surface area contributed by atoms with Crippen LogP contribution < -0.4 is 4.90 Å². The van der Waals surface area contributed by atoms with Crippen molar-refractivity contribution in [3.63, 3.8) is 0 Å². The van der Waals surface area contributed by atoms with E-state index in [-0.39, 0.29) is 0 Å². The monoisotopic (exact) mass is 728 g/mol. The summed E-state index contributed by atoms with van der Waals surface area (Å²) in [5.74, 6) is 0. The average molecular weight is 729 g/mol. The smallest absolute Gasteiger partial charge is 0.145 e. The van der Waals surface area contributed by atoms with Gasteiger partial charge in [-0.15, -0.1) is 0 Å². The molecule has 2 aromatic heterocycles. The molecule has 9 aromatic carbocycles. The standard InChI is InChI=1S/C54H36N2O/c1-4-14-37(15-5-1)40-26-30-43(31-27-40)55(44-32-28-41(29-33-44)38-16-6-2-7-17-38)49-24-13-25-51-52(49)47-34-35-50-53(54(47)57-51)46-22-10-11-23-48(46)56(50)45-21-12-20-42(36-45)39-18-8-3-9-19-39/h1-36H. The molecule has 0 radical (unpaired) electrons. The molecule has 0 atom stereocenters. The van der Waals surface area contributed by atoms with Crippen LogP contribution in [0.15, 0.2) is 223 Å². The Hall–Kier alpha value is -7.62. The van der Waals surface area contributed by atoms with Crippen molar-refractivity contribution in [1.29, 1.82) is 0 Å². The van der Waals surface area contributed by atoms with Gasteiger partial charge in [0, 0.05) is 27.8 Å². The van der Waals surface area contributed by atoms with Crippen LogP contribution >= 0.6 is 0 Å². The van der Waals surface area contributed by atoms with Gasteiger partial charge in [-0.25, -0.2) is 0 Å². The molecule has 0 aliphatic rings. The number of furan rings is 1. The molecule has 0 bridgehead atoms. The Labute approximate surface area is 330 Å². The van der Waals surface area contributed by atoms with Crippen molar-refractivity contribution in [1.82, 2.24) is 4.57 Å². The molecule has 0 amide bonds. The van der Waals surface area contributed by atoms with Crippen LogP contribution in [0.4, 0.5) is 17.1 Å². The van der Waals surface area contributed by atoms with E-state index in [0.29, 0.717) is 0 Å². The second-order valence-electron chi connectivity index (χ2n) is 14.5. The van der Waals surface area contributed by atoms with Crippen LogP contribution in [-0.2, 0) is 0 Å². The van der Waals surface area contributed by atoms with Gasteiger partial charge in [-0.1, -0.05) is 152 Å². The van der Waals surface area contributed by atoms with Crippen molar-refractivity contribution in [3.8, 4) is 39.1 Å². The normalized spacial score (nSPS) is 11.5. The molecule has 268 valence electrons. The first-order chi connectivity index (χ1) is 28.3. The fourth-order valence-electron chi connectivity index (χ4n) is 8.53. The molecule has 0 saturated heterocycles. The van der Waals surface area contributed by atoms with Gasteiger partial charge in [0.05, 0.1) is 27.5 Å². The van der Waals surface area contributed by atoms with Crippen LogP contribution in [0.1, 0.15) is 0 Å². The Morgan fingerprint density at radius 2 is 0.877 bits per heavy atom. The number of hydrogen-bond donors (Lipinski definition) is 0. The Kier molecular flexibility index (Phi) is 7.82. The molecule has 0 unspecified atom stereocenters. The Morgan fingerprint density at radius 1 is 0.351 bits per heavy atom. The van der Waals surface area contributed by atoms with E-state index in [1.54, 1.807) is 0 Å². The second-order valence-corrected chi connectivity index (χ2v) is 14.5. The first kappa shape index (κ1) is 32.8. The summed E-state index contributed by atoms with van der Waals surface area (Å²) >= 11 is 0. The van der Waals surface area contributed by atoms with Crippen LogP contribution in [0.25, 0.3) is 82.8 Å². The third kappa shape index (κ3) is 5.60. The summed E-state index contributed by atoms with van der Waals surface area (Å²) in [4.78, 5) is 2.36. The molecule has 2 heterocycles. The maximum absolute atomic E-state index is 6.99. The molecule has 0 spiro atoms. The van der Waals surface area contributed by atoms with E-state index in [9.17, 15) is 0 Å². The van der Waals surface area contributed by atoms with Crippen molar-refractivity contribution < 1.29 is 4.42 Å². The zero-order valence-corrected chi connectivity index (χ0v) is 31.1. The minimum Gasteiger partial charge on any atom is -0.455 e. The molecule has 0 saturated carbocycles. The van der Waals surface area contributed by atoms with Crippen molar-refractivity contribution in [2.75, 3.05) is 4.90 Å². The fourth-order valence-corrected chi connectivity index (χ4v) is 8.53. The summed E-state index contributed by atoms with van der Waals surface area (Å²) in [6.07, 6.45) is 0. The number of fused-ring (bicyclic) bond motifs is 7. The first-order valence-corrected chi connectivity index (χ1v) is 19.4. The van der Waals surface area contributed by atoms with E-state index in [1.165, 1.54) is 33.4 Å². The molecular weight excluding hydrogens is 693 g/mol. The van der Waals surface area contributed by atoms with Gasteiger partial charge in [-0.3, -0.25) is 0 Å². The van der Waals surface area contributed by atoms with E-state index in [4.69, 9.17) is 4.42 Å². The molecule has 57 heavy (non-hydrogen) atoms. The predicted octanol–water partition coefficient (Wildman–Crippen LogP) is 15.2. The molecule has 0 aliphatic carbocycles. The van der Waals surface area contributed by atoms with E-state index < -0.39 is 0 Å². The maximum Gasteiger partial charge on any atom is 0.145 e. The first-order valence-electron chi connectivity index (χ1n) is 19.4. The number of para-hydroxylation sites is 1. The topological polar surface area (TPSA) is 21.3 Å². The Bertz CT molecular complexity index is 3120. The minimum atomic E-state index is 0.852. The number of benzene rings is 9.